The van der Waals surface area contributed by atoms with Crippen LogP contribution in [-0.2, 0) is 4.74 Å². The quantitative estimate of drug-likeness (QED) is 0.280. The van der Waals surface area contributed by atoms with E-state index >= 15 is 0 Å². The summed E-state index contributed by atoms with van der Waals surface area (Å²) in [5.74, 6) is -0.195. The van der Waals surface area contributed by atoms with Crippen LogP contribution in [0.2, 0.25) is 10.0 Å². The molecule has 1 saturated heterocycles. The molecular formula is C33H45Cl2FN2O3. The first kappa shape index (κ1) is 34.9. The number of carbonyl (C=O) groups excluding carboxylic acids is 1. The lowest BCUT2D eigenvalue weighted by Crippen LogP contribution is -2.43. The van der Waals surface area contributed by atoms with Gasteiger partial charge in [0, 0.05) is 16.1 Å². The Morgan fingerprint density at radius 1 is 1.07 bits per heavy atom. The van der Waals surface area contributed by atoms with Crippen molar-refractivity contribution in [3.05, 3.63) is 62.9 Å². The predicted octanol–water partition coefficient (Wildman–Crippen LogP) is 9.62. The molecular weight excluding hydrogens is 562 g/mol. The molecule has 0 aromatic heterocycles. The summed E-state index contributed by atoms with van der Waals surface area (Å²) < 4.78 is 25.4. The first-order chi connectivity index (χ1) is 19.5. The average Bonchev–Trinajstić information content (AvgIpc) is 3.79. The molecule has 1 aliphatic heterocycles. The van der Waals surface area contributed by atoms with E-state index in [0.717, 1.165) is 49.9 Å². The topological polar surface area (TPSA) is 62.6 Å². The summed E-state index contributed by atoms with van der Waals surface area (Å²) in [7, 11) is 1.25. The molecule has 226 valence electrons. The highest BCUT2D eigenvalue weighted by Crippen LogP contribution is 2.46. The van der Waals surface area contributed by atoms with Crippen LogP contribution in [0.4, 0.5) is 4.39 Å². The number of carbonyl (C=O) groups is 1. The van der Waals surface area contributed by atoms with E-state index in [1.807, 2.05) is 39.8 Å². The summed E-state index contributed by atoms with van der Waals surface area (Å²) in [6.07, 6.45) is 5.02. The van der Waals surface area contributed by atoms with Crippen LogP contribution in [0.5, 0.6) is 5.75 Å². The lowest BCUT2D eigenvalue weighted by atomic mass is 9.79. The number of piperidine rings is 1. The number of nitrogens with zero attached hydrogens (tertiary/aromatic N) is 2. The van der Waals surface area contributed by atoms with Crippen LogP contribution < -0.4 is 4.74 Å². The second kappa shape index (κ2) is 16.3. The molecule has 4 rings (SSSR count). The maximum absolute atomic E-state index is 14.6. The standard InChI is InChI=1S/C28H31Cl2FN2O3.C3H8.C2H6/c1-28(2,16-32)26(19-10-20(29)12-21(30)11-19)33-8-6-17(7-9-33)15-36-25-14-24(31)23(27(34)35-3)13-22(25)18-4-5-18;1-3-2;1-2/h10-14,17-18,26H,4-9,15H2,1-3H3;3H2,1-2H3;1-2H3. The van der Waals surface area contributed by atoms with Gasteiger partial charge in [-0.3, -0.25) is 4.90 Å². The molecule has 41 heavy (non-hydrogen) atoms. The van der Waals surface area contributed by atoms with Crippen molar-refractivity contribution >= 4 is 29.2 Å². The summed E-state index contributed by atoms with van der Waals surface area (Å²) in [4.78, 5) is 14.2. The second-order valence-corrected chi connectivity index (χ2v) is 11.9. The number of likely N-dealkylation sites (tertiary alicyclic amines) is 1. The minimum absolute atomic E-state index is 0.0488. The molecule has 2 aromatic rings. The Morgan fingerprint density at radius 2 is 1.63 bits per heavy atom. The van der Waals surface area contributed by atoms with E-state index in [9.17, 15) is 14.4 Å². The van der Waals surface area contributed by atoms with E-state index in [2.05, 4.69) is 24.8 Å². The number of esters is 1. The van der Waals surface area contributed by atoms with Crippen molar-refractivity contribution in [2.24, 2.45) is 11.3 Å². The van der Waals surface area contributed by atoms with Gasteiger partial charge < -0.3 is 9.47 Å². The Morgan fingerprint density at radius 3 is 2.12 bits per heavy atom. The van der Waals surface area contributed by atoms with Crippen molar-refractivity contribution in [1.82, 2.24) is 4.90 Å². The number of nitriles is 1. The van der Waals surface area contributed by atoms with Crippen LogP contribution in [0.15, 0.2) is 30.3 Å². The van der Waals surface area contributed by atoms with E-state index in [1.165, 1.54) is 19.6 Å². The van der Waals surface area contributed by atoms with Gasteiger partial charge in [-0.1, -0.05) is 57.3 Å². The van der Waals surface area contributed by atoms with Crippen LogP contribution in [0.3, 0.4) is 0 Å². The van der Waals surface area contributed by atoms with E-state index < -0.39 is 17.2 Å². The van der Waals surface area contributed by atoms with Crippen molar-refractivity contribution in [2.75, 3.05) is 26.8 Å². The highest BCUT2D eigenvalue weighted by atomic mass is 35.5. The van der Waals surface area contributed by atoms with Gasteiger partial charge in [-0.25, -0.2) is 9.18 Å². The third-order valence-electron chi connectivity index (χ3n) is 7.18. The summed E-state index contributed by atoms with van der Waals surface area (Å²) in [5.41, 5.74) is 1.12. The minimum Gasteiger partial charge on any atom is -0.493 e. The molecule has 0 amide bonds. The van der Waals surface area contributed by atoms with E-state index in [1.54, 1.807) is 12.1 Å². The highest BCUT2D eigenvalue weighted by molar-refractivity contribution is 6.34. The molecule has 2 aromatic carbocycles. The van der Waals surface area contributed by atoms with Gasteiger partial charge in [0.25, 0.3) is 0 Å². The second-order valence-electron chi connectivity index (χ2n) is 11.1. The van der Waals surface area contributed by atoms with Gasteiger partial charge in [-0.05, 0) is 99.8 Å². The molecule has 0 bridgehead atoms. The minimum atomic E-state index is -0.677. The zero-order chi connectivity index (χ0) is 30.7. The smallest absolute Gasteiger partial charge is 0.340 e. The van der Waals surface area contributed by atoms with E-state index in [0.29, 0.717) is 34.2 Å². The van der Waals surface area contributed by atoms with Crippen LogP contribution in [0.25, 0.3) is 0 Å². The highest BCUT2D eigenvalue weighted by Gasteiger charge is 2.38. The fourth-order valence-corrected chi connectivity index (χ4v) is 5.68. The molecule has 0 spiro atoms. The van der Waals surface area contributed by atoms with Crippen LogP contribution >= 0.6 is 23.2 Å². The molecule has 1 atom stereocenters. The number of benzene rings is 2. The van der Waals surface area contributed by atoms with Crippen molar-refractivity contribution < 1.29 is 18.7 Å². The number of methoxy groups -OCH3 is 1. The lowest BCUT2D eigenvalue weighted by Gasteiger charge is -2.42. The molecule has 0 N–H and O–H groups in total. The van der Waals surface area contributed by atoms with Gasteiger partial charge in [0.2, 0.25) is 0 Å². The van der Waals surface area contributed by atoms with Crippen molar-refractivity contribution in [3.8, 4) is 11.8 Å². The SMILES string of the molecule is CC.CCC.COC(=O)c1cc(C2CC2)c(OCC2CCN(C(c3cc(Cl)cc(Cl)c3)C(C)(C)C#N)CC2)cc1F. The fraction of sp³-hybridized carbons (Fsp3) is 0.576. The zero-order valence-corrected chi connectivity index (χ0v) is 27.0. The van der Waals surface area contributed by atoms with E-state index in [4.69, 9.17) is 32.7 Å². The summed E-state index contributed by atoms with van der Waals surface area (Å²) in [6, 6.07) is 10.7. The summed E-state index contributed by atoms with van der Waals surface area (Å²) in [5, 5.41) is 11.0. The lowest BCUT2D eigenvalue weighted by molar-refractivity contribution is 0.0595. The van der Waals surface area contributed by atoms with Gasteiger partial charge in [0.1, 0.15) is 11.6 Å². The van der Waals surface area contributed by atoms with Crippen molar-refractivity contribution in [3.63, 3.8) is 0 Å². The number of rotatable bonds is 8. The van der Waals surface area contributed by atoms with Crippen LogP contribution in [0.1, 0.15) is 107 Å². The van der Waals surface area contributed by atoms with Crippen LogP contribution in [-0.4, -0.2) is 37.7 Å². The third-order valence-corrected chi connectivity index (χ3v) is 7.62. The first-order valence-electron chi connectivity index (χ1n) is 14.7. The molecule has 2 aliphatic rings. The Hall–Kier alpha value is -2.33. The maximum Gasteiger partial charge on any atom is 0.340 e. The van der Waals surface area contributed by atoms with Crippen molar-refractivity contribution in [1.29, 1.82) is 5.26 Å². The predicted molar refractivity (Wildman–Crippen MR) is 165 cm³/mol. The average molecular weight is 608 g/mol. The Bertz CT molecular complexity index is 1170. The Labute approximate surface area is 255 Å². The van der Waals surface area contributed by atoms with E-state index in [-0.39, 0.29) is 11.6 Å². The number of halogens is 3. The molecule has 1 unspecified atom stereocenters. The Balaban J connectivity index is 0.00000110. The molecule has 1 heterocycles. The zero-order valence-electron chi connectivity index (χ0n) is 25.5. The number of hydrogen-bond donors (Lipinski definition) is 0. The molecule has 1 saturated carbocycles. The summed E-state index contributed by atoms with van der Waals surface area (Å²) in [6.45, 7) is 14.2. The van der Waals surface area contributed by atoms with Gasteiger partial charge in [-0.2, -0.15) is 5.26 Å². The van der Waals surface area contributed by atoms with Crippen LogP contribution in [0, 0.1) is 28.5 Å². The van der Waals surface area contributed by atoms with Gasteiger partial charge in [0.15, 0.2) is 0 Å². The van der Waals surface area contributed by atoms with Gasteiger partial charge in [0.05, 0.1) is 36.8 Å². The van der Waals surface area contributed by atoms with Crippen molar-refractivity contribution in [2.45, 2.75) is 85.6 Å². The number of hydrogen-bond acceptors (Lipinski definition) is 5. The van der Waals surface area contributed by atoms with Gasteiger partial charge >= 0.3 is 5.97 Å². The fourth-order valence-electron chi connectivity index (χ4n) is 5.14. The molecule has 1 aliphatic carbocycles. The summed E-state index contributed by atoms with van der Waals surface area (Å²) >= 11 is 12.6. The first-order valence-corrected chi connectivity index (χ1v) is 15.5. The Kier molecular flexibility index (Phi) is 13.9. The molecule has 8 heteroatoms. The normalized spacial score (nSPS) is 16.3. The molecule has 2 fully saturated rings. The molecule has 5 nitrogen and oxygen atoms in total. The van der Waals surface area contributed by atoms with Gasteiger partial charge in [-0.15, -0.1) is 0 Å². The third kappa shape index (κ3) is 9.60. The number of ether oxygens (including phenoxy) is 2. The largest absolute Gasteiger partial charge is 0.493 e. The monoisotopic (exact) mass is 606 g/mol. The maximum atomic E-state index is 14.6. The molecule has 0 radical (unpaired) electrons.